The van der Waals surface area contributed by atoms with E-state index in [2.05, 4.69) is 10.3 Å². The number of pyridine rings is 1. The van der Waals surface area contributed by atoms with Crippen LogP contribution in [-0.2, 0) is 29.2 Å². The molecule has 10 heteroatoms. The molecule has 2 heterocycles. The van der Waals surface area contributed by atoms with Crippen molar-refractivity contribution in [3.8, 4) is 17.1 Å². The zero-order valence-electron chi connectivity index (χ0n) is 22.1. The minimum Gasteiger partial charge on any atom is -0.474 e. The molecule has 2 amide bonds. The Labute approximate surface area is 229 Å². The van der Waals surface area contributed by atoms with E-state index >= 15 is 0 Å². The van der Waals surface area contributed by atoms with Gasteiger partial charge in [0.05, 0.1) is 11.2 Å². The van der Waals surface area contributed by atoms with E-state index in [0.29, 0.717) is 41.4 Å². The highest BCUT2D eigenvalue weighted by Gasteiger charge is 2.59. The first kappa shape index (κ1) is 26.0. The first-order valence-electron chi connectivity index (χ1n) is 13.2. The summed E-state index contributed by atoms with van der Waals surface area (Å²) in [7, 11) is 0. The molecule has 2 aliphatic carbocycles. The van der Waals surface area contributed by atoms with Crippen LogP contribution >= 0.6 is 0 Å². The number of ether oxygens (including phenoxy) is 2. The second-order valence-electron chi connectivity index (χ2n) is 11.2. The number of rotatable bonds is 7. The number of hydrogen-bond acceptors (Lipinski definition) is 5. The third kappa shape index (κ3) is 4.94. The van der Waals surface area contributed by atoms with Crippen LogP contribution in [0.15, 0.2) is 60.7 Å². The Hall–Kier alpha value is -4.21. The molecule has 2 atom stereocenters. The van der Waals surface area contributed by atoms with Gasteiger partial charge in [0.15, 0.2) is 0 Å². The molecule has 2 fully saturated rings. The Kier molecular flexibility index (Phi) is 6.16. The van der Waals surface area contributed by atoms with Crippen LogP contribution in [0.1, 0.15) is 36.1 Å². The Balaban J connectivity index is 1.24. The van der Waals surface area contributed by atoms with Crippen LogP contribution in [0.3, 0.4) is 0 Å². The number of aromatic nitrogens is 1. The van der Waals surface area contributed by atoms with Crippen molar-refractivity contribution in [1.29, 1.82) is 0 Å². The second kappa shape index (κ2) is 9.46. The van der Waals surface area contributed by atoms with Crippen LogP contribution in [0.2, 0.25) is 0 Å². The van der Waals surface area contributed by atoms with E-state index in [1.54, 1.807) is 18.2 Å². The summed E-state index contributed by atoms with van der Waals surface area (Å²) in [6.07, 6.45) is -2.01. The van der Waals surface area contributed by atoms with Crippen molar-refractivity contribution in [3.63, 3.8) is 0 Å². The molecule has 0 spiro atoms. The minimum absolute atomic E-state index is 0.0285. The van der Waals surface area contributed by atoms with Crippen molar-refractivity contribution >= 4 is 12.2 Å². The summed E-state index contributed by atoms with van der Waals surface area (Å²) >= 11 is 0. The Morgan fingerprint density at radius 2 is 1.82 bits per heavy atom. The number of carboxylic acid groups (broad SMARTS) is 1. The van der Waals surface area contributed by atoms with E-state index in [1.807, 2.05) is 50.2 Å². The standard InChI is InChI=1S/C30H29F2N3O5/c1-29(2,34-27(36)39-16-17-6-4-3-5-7-17)20-11-24(18-8-9-23-19(10-18)13-30(23,31)32)33-25(12-20)40-26-21-14-35(28(37)38)15-22(21)26/h3-12,21-22,26H,13-16H2,1-2H3,(H,34,36)(H,37,38). The topological polar surface area (TPSA) is 101 Å². The van der Waals surface area contributed by atoms with E-state index in [9.17, 15) is 23.5 Å². The average molecular weight is 550 g/mol. The summed E-state index contributed by atoms with van der Waals surface area (Å²) in [4.78, 5) is 30.0. The molecular weight excluding hydrogens is 520 g/mol. The number of alkyl halides is 2. The second-order valence-corrected chi connectivity index (χ2v) is 11.2. The van der Waals surface area contributed by atoms with Gasteiger partial charge in [0.25, 0.3) is 5.92 Å². The van der Waals surface area contributed by atoms with E-state index in [-0.39, 0.29) is 36.5 Å². The number of alkyl carbamates (subject to hydrolysis) is 1. The van der Waals surface area contributed by atoms with Gasteiger partial charge >= 0.3 is 12.2 Å². The van der Waals surface area contributed by atoms with Crippen LogP contribution in [0, 0.1) is 11.8 Å². The largest absolute Gasteiger partial charge is 0.474 e. The van der Waals surface area contributed by atoms with Gasteiger partial charge in [0.1, 0.15) is 12.7 Å². The number of benzene rings is 2. The number of hydrogen-bond donors (Lipinski definition) is 2. The lowest BCUT2D eigenvalue weighted by molar-refractivity contribution is -0.0287. The summed E-state index contributed by atoms with van der Waals surface area (Å²) in [6.45, 7) is 4.60. The lowest BCUT2D eigenvalue weighted by Gasteiger charge is -2.30. The fourth-order valence-electron chi connectivity index (χ4n) is 5.59. The van der Waals surface area contributed by atoms with Gasteiger partial charge in [0, 0.05) is 48.5 Å². The third-order valence-electron chi connectivity index (χ3n) is 8.00. The molecule has 40 heavy (non-hydrogen) atoms. The van der Waals surface area contributed by atoms with Gasteiger partial charge in [-0.3, -0.25) is 0 Å². The van der Waals surface area contributed by atoms with Gasteiger partial charge < -0.3 is 24.8 Å². The maximum atomic E-state index is 13.9. The Morgan fingerprint density at radius 3 is 2.48 bits per heavy atom. The number of carbonyl (C=O) groups excluding carboxylic acids is 1. The van der Waals surface area contributed by atoms with Gasteiger partial charge in [-0.2, -0.15) is 0 Å². The number of carbonyl (C=O) groups is 2. The van der Waals surface area contributed by atoms with Gasteiger partial charge in [-0.05, 0) is 42.7 Å². The average Bonchev–Trinajstić information content (AvgIpc) is 3.32. The van der Waals surface area contributed by atoms with E-state index in [0.717, 1.165) is 5.56 Å². The van der Waals surface area contributed by atoms with Crippen molar-refractivity contribution in [2.45, 2.75) is 44.4 Å². The molecule has 0 bridgehead atoms. The number of nitrogens with one attached hydrogen (secondary N) is 1. The SMILES string of the molecule is CC(C)(NC(=O)OCc1ccccc1)c1cc(OC2C3CN(C(=O)O)CC32)nc(-c2ccc3c(c2)CC3(F)F)c1. The molecule has 208 valence electrons. The summed E-state index contributed by atoms with van der Waals surface area (Å²) in [5.41, 5.74) is 2.45. The van der Waals surface area contributed by atoms with E-state index in [4.69, 9.17) is 9.47 Å². The number of likely N-dealkylation sites (tertiary alicyclic amines) is 1. The summed E-state index contributed by atoms with van der Waals surface area (Å²) in [6, 6.07) is 17.7. The van der Waals surface area contributed by atoms with Crippen molar-refractivity contribution in [2.24, 2.45) is 11.8 Å². The summed E-state index contributed by atoms with van der Waals surface area (Å²) in [5.74, 6) is -2.28. The fraction of sp³-hybridized carbons (Fsp3) is 0.367. The van der Waals surface area contributed by atoms with Crippen LogP contribution in [0.5, 0.6) is 5.88 Å². The highest BCUT2D eigenvalue weighted by atomic mass is 19.3. The number of fused-ring (bicyclic) bond motifs is 2. The molecule has 3 aliphatic rings. The fourth-order valence-corrected chi connectivity index (χ4v) is 5.59. The van der Waals surface area contributed by atoms with Gasteiger partial charge in [-0.1, -0.05) is 42.5 Å². The molecule has 0 radical (unpaired) electrons. The van der Waals surface area contributed by atoms with Crippen LogP contribution < -0.4 is 10.1 Å². The lowest BCUT2D eigenvalue weighted by Crippen LogP contribution is -2.41. The quantitative estimate of drug-likeness (QED) is 0.401. The smallest absolute Gasteiger partial charge is 0.408 e. The highest BCUT2D eigenvalue weighted by molar-refractivity contribution is 5.70. The van der Waals surface area contributed by atoms with Crippen LogP contribution in [0.25, 0.3) is 11.3 Å². The van der Waals surface area contributed by atoms with Crippen molar-refractivity contribution in [2.75, 3.05) is 13.1 Å². The van der Waals surface area contributed by atoms with Crippen molar-refractivity contribution in [3.05, 3.63) is 82.9 Å². The normalized spacial score (nSPS) is 22.0. The van der Waals surface area contributed by atoms with E-state index < -0.39 is 23.6 Å². The third-order valence-corrected chi connectivity index (χ3v) is 8.00. The van der Waals surface area contributed by atoms with Crippen LogP contribution in [0.4, 0.5) is 18.4 Å². The zero-order valence-corrected chi connectivity index (χ0v) is 22.1. The molecule has 2 unspecified atom stereocenters. The molecule has 3 aromatic rings. The molecule has 2 N–H and O–H groups in total. The summed E-state index contributed by atoms with van der Waals surface area (Å²) in [5, 5.41) is 12.2. The molecule has 1 aliphatic heterocycles. The number of piperidine rings is 1. The summed E-state index contributed by atoms with van der Waals surface area (Å²) < 4.78 is 39.4. The predicted molar refractivity (Wildman–Crippen MR) is 141 cm³/mol. The molecule has 1 saturated heterocycles. The highest BCUT2D eigenvalue weighted by Crippen LogP contribution is 2.48. The lowest BCUT2D eigenvalue weighted by atomic mass is 9.82. The minimum atomic E-state index is -2.81. The molecular formula is C30H29F2N3O5. The van der Waals surface area contributed by atoms with Gasteiger partial charge in [-0.25, -0.2) is 23.4 Å². The predicted octanol–water partition coefficient (Wildman–Crippen LogP) is 5.55. The Bertz CT molecular complexity index is 1470. The molecule has 1 aromatic heterocycles. The van der Waals surface area contributed by atoms with E-state index in [1.165, 1.54) is 11.0 Å². The molecule has 1 saturated carbocycles. The van der Waals surface area contributed by atoms with Crippen LogP contribution in [-0.4, -0.2) is 46.4 Å². The number of halogens is 2. The van der Waals surface area contributed by atoms with Gasteiger partial charge in [-0.15, -0.1) is 0 Å². The van der Waals surface area contributed by atoms with Gasteiger partial charge in [0.2, 0.25) is 5.88 Å². The van der Waals surface area contributed by atoms with Crippen molar-refractivity contribution in [1.82, 2.24) is 15.2 Å². The first-order valence-corrected chi connectivity index (χ1v) is 13.2. The molecule has 8 nitrogen and oxygen atoms in total. The maximum Gasteiger partial charge on any atom is 0.408 e. The molecule has 2 aromatic carbocycles. The first-order chi connectivity index (χ1) is 19.0. The number of amides is 2. The monoisotopic (exact) mass is 549 g/mol. The number of nitrogens with zero attached hydrogens (tertiary/aromatic N) is 2. The molecule has 6 rings (SSSR count). The maximum absolute atomic E-state index is 13.9. The Morgan fingerprint density at radius 1 is 1.10 bits per heavy atom. The zero-order chi connectivity index (χ0) is 28.2. The van der Waals surface area contributed by atoms with Crippen molar-refractivity contribution < 1.29 is 33.0 Å².